The molecule has 132 valence electrons. The van der Waals surface area contributed by atoms with Crippen LogP contribution in [0.15, 0.2) is 42.5 Å². The Labute approximate surface area is 149 Å². The van der Waals surface area contributed by atoms with Gasteiger partial charge in [-0.1, -0.05) is 39.0 Å². The normalized spacial score (nSPS) is 16.1. The van der Waals surface area contributed by atoms with Crippen molar-refractivity contribution in [2.24, 2.45) is 0 Å². The second-order valence-corrected chi connectivity index (χ2v) is 7.46. The van der Waals surface area contributed by atoms with Gasteiger partial charge in [-0.2, -0.15) is 0 Å². The van der Waals surface area contributed by atoms with Crippen LogP contribution in [0.3, 0.4) is 0 Å². The SMILES string of the molecule is COc1cccc(C(=O)NC[C@H]2Cc3cc(C(C)(C)C)ccc3O2)c1. The van der Waals surface area contributed by atoms with Crippen molar-refractivity contribution < 1.29 is 14.3 Å². The summed E-state index contributed by atoms with van der Waals surface area (Å²) in [6, 6.07) is 13.5. The second-order valence-electron chi connectivity index (χ2n) is 7.46. The van der Waals surface area contributed by atoms with E-state index < -0.39 is 0 Å². The summed E-state index contributed by atoms with van der Waals surface area (Å²) in [7, 11) is 1.59. The first kappa shape index (κ1) is 17.3. The number of carbonyl (C=O) groups excluding carboxylic acids is 1. The van der Waals surface area contributed by atoms with Crippen LogP contribution in [-0.4, -0.2) is 25.7 Å². The molecule has 0 radical (unpaired) electrons. The first-order valence-electron chi connectivity index (χ1n) is 8.59. The maximum Gasteiger partial charge on any atom is 0.251 e. The van der Waals surface area contributed by atoms with Crippen molar-refractivity contribution in [2.75, 3.05) is 13.7 Å². The molecular weight excluding hydrogens is 314 g/mol. The average molecular weight is 339 g/mol. The Hall–Kier alpha value is -2.49. The fourth-order valence-corrected chi connectivity index (χ4v) is 2.97. The Kier molecular flexibility index (Phi) is 4.71. The van der Waals surface area contributed by atoms with E-state index in [1.807, 2.05) is 18.2 Å². The van der Waals surface area contributed by atoms with E-state index in [0.717, 1.165) is 12.2 Å². The van der Waals surface area contributed by atoms with Gasteiger partial charge in [0.25, 0.3) is 5.91 Å². The molecule has 1 heterocycles. The van der Waals surface area contributed by atoms with Gasteiger partial charge in [0, 0.05) is 12.0 Å². The van der Waals surface area contributed by atoms with Gasteiger partial charge >= 0.3 is 0 Å². The zero-order valence-corrected chi connectivity index (χ0v) is 15.3. The summed E-state index contributed by atoms with van der Waals surface area (Å²) in [6.45, 7) is 7.10. The fourth-order valence-electron chi connectivity index (χ4n) is 2.97. The summed E-state index contributed by atoms with van der Waals surface area (Å²) in [5, 5.41) is 2.95. The van der Waals surface area contributed by atoms with E-state index in [9.17, 15) is 4.79 Å². The van der Waals surface area contributed by atoms with E-state index in [1.54, 1.807) is 19.2 Å². The molecule has 0 aromatic heterocycles. The molecule has 1 aliphatic heterocycles. The Morgan fingerprint density at radius 1 is 1.24 bits per heavy atom. The van der Waals surface area contributed by atoms with Crippen LogP contribution >= 0.6 is 0 Å². The number of nitrogens with one attached hydrogen (secondary N) is 1. The molecule has 4 heteroatoms. The van der Waals surface area contributed by atoms with Crippen molar-refractivity contribution in [3.8, 4) is 11.5 Å². The van der Waals surface area contributed by atoms with E-state index in [1.165, 1.54) is 11.1 Å². The minimum Gasteiger partial charge on any atom is -0.497 e. The van der Waals surface area contributed by atoms with Crippen LogP contribution in [0.1, 0.15) is 42.3 Å². The topological polar surface area (TPSA) is 47.6 Å². The second kappa shape index (κ2) is 6.79. The van der Waals surface area contributed by atoms with Crippen LogP contribution in [-0.2, 0) is 11.8 Å². The fraction of sp³-hybridized carbons (Fsp3) is 0.381. The minimum atomic E-state index is -0.117. The molecule has 0 bridgehead atoms. The summed E-state index contributed by atoms with van der Waals surface area (Å²) in [6.07, 6.45) is 0.789. The van der Waals surface area contributed by atoms with Gasteiger partial charge in [-0.25, -0.2) is 0 Å². The number of ether oxygens (including phenoxy) is 2. The summed E-state index contributed by atoms with van der Waals surface area (Å²) >= 11 is 0. The highest BCUT2D eigenvalue weighted by Crippen LogP contribution is 2.33. The molecule has 0 aliphatic carbocycles. The van der Waals surface area contributed by atoms with E-state index in [0.29, 0.717) is 17.9 Å². The lowest BCUT2D eigenvalue weighted by molar-refractivity contribution is 0.0933. The number of methoxy groups -OCH3 is 1. The molecule has 0 saturated heterocycles. The van der Waals surface area contributed by atoms with Gasteiger partial charge in [-0.05, 0) is 40.8 Å². The third kappa shape index (κ3) is 3.95. The molecule has 25 heavy (non-hydrogen) atoms. The first-order valence-corrected chi connectivity index (χ1v) is 8.59. The Morgan fingerprint density at radius 2 is 2.04 bits per heavy atom. The van der Waals surface area contributed by atoms with Crippen LogP contribution in [0.4, 0.5) is 0 Å². The lowest BCUT2D eigenvalue weighted by Crippen LogP contribution is -2.34. The lowest BCUT2D eigenvalue weighted by Gasteiger charge is -2.19. The predicted octanol–water partition coefficient (Wildman–Crippen LogP) is 3.73. The predicted molar refractivity (Wildman–Crippen MR) is 98.6 cm³/mol. The summed E-state index contributed by atoms with van der Waals surface area (Å²) in [5.41, 5.74) is 3.22. The van der Waals surface area contributed by atoms with Crippen LogP contribution in [0.2, 0.25) is 0 Å². The molecule has 0 spiro atoms. The number of hydrogen-bond donors (Lipinski definition) is 1. The van der Waals surface area contributed by atoms with Crippen molar-refractivity contribution in [2.45, 2.75) is 38.7 Å². The standard InChI is InChI=1S/C21H25NO3/c1-21(2,3)16-8-9-19-15(10-16)12-18(25-19)13-22-20(23)14-6-5-7-17(11-14)24-4/h5-11,18H,12-13H2,1-4H3,(H,22,23)/t18-/m1/s1. The summed E-state index contributed by atoms with van der Waals surface area (Å²) in [5.74, 6) is 1.48. The van der Waals surface area contributed by atoms with Crippen LogP contribution < -0.4 is 14.8 Å². The number of carbonyl (C=O) groups is 1. The molecule has 1 aliphatic rings. The summed E-state index contributed by atoms with van der Waals surface area (Å²) in [4.78, 5) is 12.3. The lowest BCUT2D eigenvalue weighted by atomic mass is 9.86. The van der Waals surface area contributed by atoms with Gasteiger partial charge in [0.1, 0.15) is 17.6 Å². The molecule has 1 amide bonds. The summed E-state index contributed by atoms with van der Waals surface area (Å²) < 4.78 is 11.1. The molecule has 1 atom stereocenters. The highest BCUT2D eigenvalue weighted by atomic mass is 16.5. The molecule has 4 nitrogen and oxygen atoms in total. The molecule has 0 fully saturated rings. The molecular formula is C21H25NO3. The van der Waals surface area contributed by atoms with Gasteiger partial charge in [0.05, 0.1) is 13.7 Å². The highest BCUT2D eigenvalue weighted by Gasteiger charge is 2.25. The quantitative estimate of drug-likeness (QED) is 0.923. The van der Waals surface area contributed by atoms with Gasteiger partial charge in [-0.15, -0.1) is 0 Å². The molecule has 1 N–H and O–H groups in total. The third-order valence-electron chi connectivity index (χ3n) is 4.49. The number of benzene rings is 2. The number of rotatable bonds is 4. The average Bonchev–Trinajstić information content (AvgIpc) is 3.01. The van der Waals surface area contributed by atoms with Crippen molar-refractivity contribution in [3.63, 3.8) is 0 Å². The van der Waals surface area contributed by atoms with E-state index in [2.05, 4.69) is 38.2 Å². The molecule has 0 saturated carbocycles. The third-order valence-corrected chi connectivity index (χ3v) is 4.49. The van der Waals surface area contributed by atoms with Gasteiger partial charge < -0.3 is 14.8 Å². The van der Waals surface area contributed by atoms with E-state index in [4.69, 9.17) is 9.47 Å². The first-order chi connectivity index (χ1) is 11.9. The molecule has 3 rings (SSSR count). The minimum absolute atomic E-state index is 0.0280. The maximum atomic E-state index is 12.3. The van der Waals surface area contributed by atoms with Crippen LogP contribution in [0, 0.1) is 0 Å². The Balaban J connectivity index is 1.60. The maximum absolute atomic E-state index is 12.3. The van der Waals surface area contributed by atoms with Crippen molar-refractivity contribution in [3.05, 3.63) is 59.2 Å². The smallest absolute Gasteiger partial charge is 0.251 e. The Morgan fingerprint density at radius 3 is 2.76 bits per heavy atom. The number of fused-ring (bicyclic) bond motifs is 1. The van der Waals surface area contributed by atoms with Crippen LogP contribution in [0.25, 0.3) is 0 Å². The van der Waals surface area contributed by atoms with Crippen molar-refractivity contribution >= 4 is 5.91 Å². The number of hydrogen-bond acceptors (Lipinski definition) is 3. The van der Waals surface area contributed by atoms with Crippen molar-refractivity contribution in [1.29, 1.82) is 0 Å². The van der Waals surface area contributed by atoms with Gasteiger partial charge in [-0.3, -0.25) is 4.79 Å². The van der Waals surface area contributed by atoms with Crippen LogP contribution in [0.5, 0.6) is 11.5 Å². The Bertz CT molecular complexity index is 777. The molecule has 2 aromatic rings. The zero-order valence-electron chi connectivity index (χ0n) is 15.3. The largest absolute Gasteiger partial charge is 0.497 e. The van der Waals surface area contributed by atoms with Gasteiger partial charge in [0.15, 0.2) is 0 Å². The monoisotopic (exact) mass is 339 g/mol. The number of amides is 1. The van der Waals surface area contributed by atoms with E-state index >= 15 is 0 Å². The van der Waals surface area contributed by atoms with E-state index in [-0.39, 0.29) is 17.4 Å². The highest BCUT2D eigenvalue weighted by molar-refractivity contribution is 5.94. The molecule has 2 aromatic carbocycles. The molecule has 0 unspecified atom stereocenters. The van der Waals surface area contributed by atoms with Gasteiger partial charge in [0.2, 0.25) is 0 Å². The zero-order chi connectivity index (χ0) is 18.0. The van der Waals surface area contributed by atoms with Crippen molar-refractivity contribution in [1.82, 2.24) is 5.32 Å².